The molecule has 1 aliphatic heterocycles. The number of rotatable bonds is 3. The Balaban J connectivity index is 1.58. The predicted molar refractivity (Wildman–Crippen MR) is 133 cm³/mol. The van der Waals surface area contributed by atoms with Crippen molar-refractivity contribution in [2.45, 2.75) is 13.1 Å². The van der Waals surface area contributed by atoms with Gasteiger partial charge in [0.1, 0.15) is 5.82 Å². The number of fused-ring (bicyclic) bond motifs is 4. The van der Waals surface area contributed by atoms with Crippen molar-refractivity contribution >= 4 is 33.6 Å². The molecule has 0 saturated heterocycles. The molecule has 0 aliphatic carbocycles. The Kier molecular flexibility index (Phi) is 4.67. The SMILES string of the molecule is Cn1c(=O)c2c(nc3n2CC(c2ccc(F)cc2)=NN3Cc2cccc3ccccc23)n(C)c1=O. The Morgan fingerprint density at radius 2 is 1.66 bits per heavy atom. The van der Waals surface area contributed by atoms with Crippen LogP contribution in [0.5, 0.6) is 0 Å². The quantitative estimate of drug-likeness (QED) is 0.408. The number of aryl methyl sites for hydroxylation is 1. The van der Waals surface area contributed by atoms with Crippen LogP contribution in [0, 0.1) is 5.82 Å². The molecular formula is C26H21FN6O2. The number of imidazole rings is 1. The Morgan fingerprint density at radius 1 is 0.914 bits per heavy atom. The van der Waals surface area contributed by atoms with Crippen molar-refractivity contribution in [2.75, 3.05) is 5.01 Å². The van der Waals surface area contributed by atoms with Gasteiger partial charge in [0.05, 0.1) is 18.8 Å². The molecule has 9 heteroatoms. The van der Waals surface area contributed by atoms with Gasteiger partial charge >= 0.3 is 5.69 Å². The maximum Gasteiger partial charge on any atom is 0.332 e. The van der Waals surface area contributed by atoms with Crippen LogP contribution in [0.2, 0.25) is 0 Å². The summed E-state index contributed by atoms with van der Waals surface area (Å²) in [6.07, 6.45) is 0. The molecule has 0 bridgehead atoms. The van der Waals surface area contributed by atoms with E-state index in [9.17, 15) is 14.0 Å². The summed E-state index contributed by atoms with van der Waals surface area (Å²) in [7, 11) is 3.05. The van der Waals surface area contributed by atoms with Gasteiger partial charge in [-0.3, -0.25) is 18.5 Å². The number of halogens is 1. The summed E-state index contributed by atoms with van der Waals surface area (Å²) in [6, 6.07) is 20.3. The van der Waals surface area contributed by atoms with Gasteiger partial charge in [-0.15, -0.1) is 0 Å². The van der Waals surface area contributed by atoms with E-state index in [1.807, 2.05) is 24.3 Å². The number of nitrogens with zero attached hydrogens (tertiary/aromatic N) is 6. The highest BCUT2D eigenvalue weighted by Crippen LogP contribution is 2.29. The minimum atomic E-state index is -0.446. The molecule has 6 rings (SSSR count). The smallest absolute Gasteiger partial charge is 0.297 e. The van der Waals surface area contributed by atoms with Crippen LogP contribution in [0.1, 0.15) is 11.1 Å². The van der Waals surface area contributed by atoms with Crippen molar-refractivity contribution in [3.8, 4) is 0 Å². The fourth-order valence-electron chi connectivity index (χ4n) is 4.64. The Morgan fingerprint density at radius 3 is 2.46 bits per heavy atom. The zero-order valence-corrected chi connectivity index (χ0v) is 19.1. The van der Waals surface area contributed by atoms with E-state index in [0.29, 0.717) is 29.4 Å². The molecule has 0 atom stereocenters. The van der Waals surface area contributed by atoms with Gasteiger partial charge in [-0.2, -0.15) is 10.1 Å². The zero-order chi connectivity index (χ0) is 24.3. The minimum absolute atomic E-state index is 0.261. The van der Waals surface area contributed by atoms with Gasteiger partial charge in [-0.1, -0.05) is 54.6 Å². The van der Waals surface area contributed by atoms with E-state index < -0.39 is 11.2 Å². The van der Waals surface area contributed by atoms with Crippen LogP contribution < -0.4 is 16.3 Å². The first-order valence-electron chi connectivity index (χ1n) is 11.2. The van der Waals surface area contributed by atoms with Crippen LogP contribution >= 0.6 is 0 Å². The van der Waals surface area contributed by atoms with Crippen LogP contribution in [0.15, 0.2) is 81.4 Å². The van der Waals surface area contributed by atoms with Crippen molar-refractivity contribution < 1.29 is 4.39 Å². The second kappa shape index (κ2) is 7.76. The van der Waals surface area contributed by atoms with E-state index >= 15 is 0 Å². The lowest BCUT2D eigenvalue weighted by molar-refractivity contribution is 0.627. The Labute approximate surface area is 198 Å². The number of anilines is 1. The third kappa shape index (κ3) is 3.27. The predicted octanol–water partition coefficient (Wildman–Crippen LogP) is 3.15. The molecule has 8 nitrogen and oxygen atoms in total. The van der Waals surface area contributed by atoms with Gasteiger partial charge in [0, 0.05) is 14.1 Å². The maximum absolute atomic E-state index is 13.6. The second-order valence-electron chi connectivity index (χ2n) is 8.63. The molecule has 2 aromatic heterocycles. The summed E-state index contributed by atoms with van der Waals surface area (Å²) in [5.74, 6) is 0.132. The Hall–Kier alpha value is -4.53. The van der Waals surface area contributed by atoms with Crippen LogP contribution in [0.25, 0.3) is 21.9 Å². The van der Waals surface area contributed by atoms with Gasteiger partial charge in [0.15, 0.2) is 11.2 Å². The summed E-state index contributed by atoms with van der Waals surface area (Å²) < 4.78 is 17.8. The number of hydrazone groups is 1. The summed E-state index contributed by atoms with van der Waals surface area (Å²) in [5.41, 5.74) is 2.18. The van der Waals surface area contributed by atoms with Gasteiger partial charge in [-0.05, 0) is 34.0 Å². The number of hydrogen-bond donors (Lipinski definition) is 0. The fraction of sp³-hybridized carbons (Fsp3) is 0.154. The van der Waals surface area contributed by atoms with E-state index in [1.165, 1.54) is 23.7 Å². The lowest BCUT2D eigenvalue weighted by Gasteiger charge is -2.26. The van der Waals surface area contributed by atoms with Crippen LogP contribution in [-0.2, 0) is 27.2 Å². The molecule has 0 spiro atoms. The highest BCUT2D eigenvalue weighted by Gasteiger charge is 2.28. The molecule has 174 valence electrons. The second-order valence-corrected chi connectivity index (χ2v) is 8.63. The van der Waals surface area contributed by atoms with Crippen molar-refractivity contribution in [3.63, 3.8) is 0 Å². The summed E-state index contributed by atoms with van der Waals surface area (Å²) in [4.78, 5) is 30.4. The van der Waals surface area contributed by atoms with Gasteiger partial charge in [0.25, 0.3) is 5.56 Å². The number of benzene rings is 3. The third-order valence-corrected chi connectivity index (χ3v) is 6.49. The Bertz CT molecular complexity index is 1770. The lowest BCUT2D eigenvalue weighted by Crippen LogP contribution is -2.38. The first-order valence-corrected chi connectivity index (χ1v) is 11.2. The third-order valence-electron chi connectivity index (χ3n) is 6.49. The fourth-order valence-corrected chi connectivity index (χ4v) is 4.64. The molecule has 3 heterocycles. The summed E-state index contributed by atoms with van der Waals surface area (Å²) in [6.45, 7) is 0.653. The first-order chi connectivity index (χ1) is 16.9. The molecule has 0 N–H and O–H groups in total. The molecule has 5 aromatic rings. The number of aromatic nitrogens is 4. The highest BCUT2D eigenvalue weighted by atomic mass is 19.1. The van der Waals surface area contributed by atoms with Gasteiger partial charge in [0.2, 0.25) is 5.95 Å². The van der Waals surface area contributed by atoms with E-state index in [0.717, 1.165) is 26.5 Å². The van der Waals surface area contributed by atoms with E-state index in [1.54, 1.807) is 28.8 Å². The topological polar surface area (TPSA) is 77.4 Å². The molecule has 1 aliphatic rings. The molecule has 0 amide bonds. The van der Waals surface area contributed by atoms with Crippen LogP contribution in [0.3, 0.4) is 0 Å². The van der Waals surface area contributed by atoms with E-state index in [-0.39, 0.29) is 12.4 Å². The van der Waals surface area contributed by atoms with Gasteiger partial charge in [-0.25, -0.2) is 14.2 Å². The molecule has 35 heavy (non-hydrogen) atoms. The van der Waals surface area contributed by atoms with E-state index in [2.05, 4.69) is 23.2 Å². The van der Waals surface area contributed by atoms with Crippen molar-refractivity contribution in [1.29, 1.82) is 0 Å². The van der Waals surface area contributed by atoms with Gasteiger partial charge < -0.3 is 0 Å². The minimum Gasteiger partial charge on any atom is -0.297 e. The first kappa shape index (κ1) is 21.0. The molecule has 0 saturated carbocycles. The summed E-state index contributed by atoms with van der Waals surface area (Å²) >= 11 is 0. The highest BCUT2D eigenvalue weighted by molar-refractivity contribution is 6.02. The van der Waals surface area contributed by atoms with Crippen LogP contribution in [-0.4, -0.2) is 24.4 Å². The molecule has 0 unspecified atom stereocenters. The average molecular weight is 468 g/mol. The van der Waals surface area contributed by atoms with Crippen LogP contribution in [0.4, 0.5) is 10.3 Å². The normalized spacial score (nSPS) is 13.3. The molecule has 0 radical (unpaired) electrons. The summed E-state index contributed by atoms with van der Waals surface area (Å²) in [5, 5.41) is 8.81. The standard InChI is InChI=1S/C26H21FN6O2/c1-30-23-22(24(34)31(2)26(30)35)32-15-21(17-10-12-19(27)13-11-17)29-33(25(32)28-23)14-18-8-5-7-16-6-3-4-9-20(16)18/h3-13H,14-15H2,1-2H3. The van der Waals surface area contributed by atoms with E-state index in [4.69, 9.17) is 5.10 Å². The monoisotopic (exact) mass is 468 g/mol. The van der Waals surface area contributed by atoms with Crippen molar-refractivity contribution in [1.82, 2.24) is 18.7 Å². The molecular weight excluding hydrogens is 447 g/mol. The number of hydrogen-bond acceptors (Lipinski definition) is 5. The lowest BCUT2D eigenvalue weighted by atomic mass is 10.0. The zero-order valence-electron chi connectivity index (χ0n) is 19.1. The van der Waals surface area contributed by atoms with Crippen molar-refractivity contribution in [3.05, 3.63) is 105 Å². The largest absolute Gasteiger partial charge is 0.332 e. The molecule has 0 fully saturated rings. The average Bonchev–Trinajstić information content (AvgIpc) is 3.27. The maximum atomic E-state index is 13.6. The van der Waals surface area contributed by atoms with Crippen molar-refractivity contribution in [2.24, 2.45) is 19.2 Å². The molecule has 3 aromatic carbocycles.